The van der Waals surface area contributed by atoms with Gasteiger partial charge in [-0.3, -0.25) is 4.79 Å². The zero-order valence-corrected chi connectivity index (χ0v) is 14.8. The summed E-state index contributed by atoms with van der Waals surface area (Å²) < 4.78 is 16.6. The van der Waals surface area contributed by atoms with Gasteiger partial charge in [-0.05, 0) is 49.4 Å². The van der Waals surface area contributed by atoms with Crippen LogP contribution in [0.25, 0.3) is 0 Å². The van der Waals surface area contributed by atoms with Crippen LogP contribution in [0.1, 0.15) is 36.5 Å². The molecule has 1 aliphatic heterocycles. The summed E-state index contributed by atoms with van der Waals surface area (Å²) in [6.07, 6.45) is 0.546. The van der Waals surface area contributed by atoms with E-state index in [2.05, 4.69) is 0 Å². The Labute approximate surface area is 147 Å². The van der Waals surface area contributed by atoms with Crippen molar-refractivity contribution < 1.29 is 29.2 Å². The summed E-state index contributed by atoms with van der Waals surface area (Å²) in [5.41, 5.74) is -0.385. The van der Waals surface area contributed by atoms with Crippen molar-refractivity contribution in [3.05, 3.63) is 29.8 Å². The van der Waals surface area contributed by atoms with Crippen LogP contribution in [0.3, 0.4) is 0 Å². The zero-order chi connectivity index (χ0) is 18.2. The monoisotopic (exact) mass is 350 g/mol. The molecule has 3 rings (SSSR count). The average molecular weight is 350 g/mol. The third kappa shape index (κ3) is 3.58. The van der Waals surface area contributed by atoms with Crippen LogP contribution in [-0.2, 0) is 14.2 Å². The van der Waals surface area contributed by atoms with Crippen molar-refractivity contribution in [1.82, 2.24) is 0 Å². The fourth-order valence-electron chi connectivity index (χ4n) is 4.50. The van der Waals surface area contributed by atoms with E-state index in [1.54, 1.807) is 33.3 Å². The van der Waals surface area contributed by atoms with Crippen molar-refractivity contribution in [3.63, 3.8) is 0 Å². The Morgan fingerprint density at radius 3 is 2.56 bits per heavy atom. The second-order valence-electron chi connectivity index (χ2n) is 7.33. The molecule has 6 heteroatoms. The van der Waals surface area contributed by atoms with Crippen LogP contribution >= 0.6 is 0 Å². The molecule has 0 amide bonds. The van der Waals surface area contributed by atoms with Gasteiger partial charge < -0.3 is 24.4 Å². The summed E-state index contributed by atoms with van der Waals surface area (Å²) in [7, 11) is 3.15. The third-order valence-electron chi connectivity index (χ3n) is 5.64. The Hall–Kier alpha value is -1.47. The molecular formula is C19H26O6. The van der Waals surface area contributed by atoms with Gasteiger partial charge in [0.15, 0.2) is 18.4 Å². The van der Waals surface area contributed by atoms with Crippen LogP contribution in [0, 0.1) is 17.8 Å². The molecule has 0 aromatic heterocycles. The highest BCUT2D eigenvalue weighted by molar-refractivity contribution is 5.96. The highest BCUT2D eigenvalue weighted by Crippen LogP contribution is 2.53. The molecule has 25 heavy (non-hydrogen) atoms. The maximum Gasteiger partial charge on any atom is 0.166 e. The van der Waals surface area contributed by atoms with Gasteiger partial charge in [-0.25, -0.2) is 0 Å². The molecule has 1 aliphatic carbocycles. The number of methoxy groups -OCH3 is 2. The SMILES string of the molecule is CO[C@@H]1C[C@H]2[C@H](CC(=O)c3ccc(O)cc3)C[C@](C)(O)[C@H]2[C@@H](OC)O1. The Bertz CT molecular complexity index is 611. The van der Waals surface area contributed by atoms with E-state index in [9.17, 15) is 15.0 Å². The number of phenols is 1. The summed E-state index contributed by atoms with van der Waals surface area (Å²) in [5, 5.41) is 20.3. The summed E-state index contributed by atoms with van der Waals surface area (Å²) in [4.78, 5) is 12.6. The van der Waals surface area contributed by atoms with E-state index < -0.39 is 18.2 Å². The number of aromatic hydroxyl groups is 1. The summed E-state index contributed by atoms with van der Waals surface area (Å²) in [6, 6.07) is 6.28. The lowest BCUT2D eigenvalue weighted by Gasteiger charge is -2.42. The van der Waals surface area contributed by atoms with Gasteiger partial charge in [0, 0.05) is 38.5 Å². The first kappa shape index (κ1) is 18.3. The fraction of sp³-hybridized carbons (Fsp3) is 0.632. The van der Waals surface area contributed by atoms with Crippen LogP contribution in [0.5, 0.6) is 5.75 Å². The molecular weight excluding hydrogens is 324 g/mol. The van der Waals surface area contributed by atoms with Gasteiger partial charge in [-0.1, -0.05) is 0 Å². The number of hydrogen-bond donors (Lipinski definition) is 2. The van der Waals surface area contributed by atoms with Gasteiger partial charge in [0.05, 0.1) is 5.60 Å². The number of benzene rings is 1. The van der Waals surface area contributed by atoms with Gasteiger partial charge in [-0.15, -0.1) is 0 Å². The van der Waals surface area contributed by atoms with Crippen molar-refractivity contribution in [2.75, 3.05) is 14.2 Å². The van der Waals surface area contributed by atoms with Crippen molar-refractivity contribution in [3.8, 4) is 5.75 Å². The highest BCUT2D eigenvalue weighted by atomic mass is 16.8. The minimum Gasteiger partial charge on any atom is -0.508 e. The van der Waals surface area contributed by atoms with E-state index in [-0.39, 0.29) is 29.3 Å². The van der Waals surface area contributed by atoms with Crippen molar-refractivity contribution in [2.45, 2.75) is 44.4 Å². The smallest absolute Gasteiger partial charge is 0.166 e. The Morgan fingerprint density at radius 1 is 1.28 bits per heavy atom. The van der Waals surface area contributed by atoms with Gasteiger partial charge in [-0.2, -0.15) is 0 Å². The average Bonchev–Trinajstić information content (AvgIpc) is 2.85. The summed E-state index contributed by atoms with van der Waals surface area (Å²) >= 11 is 0. The molecule has 0 unspecified atom stereocenters. The first-order valence-electron chi connectivity index (χ1n) is 8.61. The lowest BCUT2D eigenvalue weighted by Crippen LogP contribution is -2.49. The van der Waals surface area contributed by atoms with Gasteiger partial charge in [0.1, 0.15) is 5.75 Å². The first-order chi connectivity index (χ1) is 11.9. The number of hydrogen-bond acceptors (Lipinski definition) is 6. The highest BCUT2D eigenvalue weighted by Gasteiger charge is 2.57. The molecule has 0 radical (unpaired) electrons. The van der Waals surface area contributed by atoms with Crippen LogP contribution in [0.15, 0.2) is 24.3 Å². The van der Waals surface area contributed by atoms with Gasteiger partial charge in [0.25, 0.3) is 0 Å². The predicted molar refractivity (Wildman–Crippen MR) is 90.1 cm³/mol. The van der Waals surface area contributed by atoms with Gasteiger partial charge >= 0.3 is 0 Å². The number of fused-ring (bicyclic) bond motifs is 1. The van der Waals surface area contributed by atoms with Crippen LogP contribution < -0.4 is 0 Å². The molecule has 0 spiro atoms. The number of aliphatic hydroxyl groups is 1. The van der Waals surface area contributed by atoms with E-state index >= 15 is 0 Å². The molecule has 2 aliphatic rings. The molecule has 1 aromatic carbocycles. The lowest BCUT2D eigenvalue weighted by molar-refractivity contribution is -0.300. The number of carbonyl (C=O) groups is 1. The van der Waals surface area contributed by atoms with Crippen LogP contribution in [-0.4, -0.2) is 48.4 Å². The topological polar surface area (TPSA) is 85.2 Å². The molecule has 2 fully saturated rings. The van der Waals surface area contributed by atoms with Crippen LogP contribution in [0.2, 0.25) is 0 Å². The number of rotatable bonds is 5. The number of ether oxygens (including phenoxy) is 3. The Balaban J connectivity index is 1.79. The molecule has 6 atom stereocenters. The minimum absolute atomic E-state index is 0.0101. The van der Waals surface area contributed by atoms with E-state index in [0.29, 0.717) is 24.8 Å². The Kier molecular flexibility index (Phi) is 5.16. The van der Waals surface area contributed by atoms with E-state index in [1.165, 1.54) is 12.1 Å². The van der Waals surface area contributed by atoms with E-state index in [0.717, 1.165) is 0 Å². The zero-order valence-electron chi connectivity index (χ0n) is 14.8. The minimum atomic E-state index is -0.954. The van der Waals surface area contributed by atoms with Crippen molar-refractivity contribution >= 4 is 5.78 Å². The first-order valence-corrected chi connectivity index (χ1v) is 8.61. The quantitative estimate of drug-likeness (QED) is 0.793. The van der Waals surface area contributed by atoms with Crippen LogP contribution in [0.4, 0.5) is 0 Å². The Morgan fingerprint density at radius 2 is 1.96 bits per heavy atom. The second kappa shape index (κ2) is 7.03. The molecule has 1 aromatic rings. The molecule has 1 saturated carbocycles. The molecule has 2 N–H and O–H groups in total. The predicted octanol–water partition coefficient (Wildman–Crippen LogP) is 2.33. The van der Waals surface area contributed by atoms with E-state index in [1.807, 2.05) is 0 Å². The summed E-state index contributed by atoms with van der Waals surface area (Å²) in [5.74, 6) is 0.0633. The standard InChI is InChI=1S/C19H26O6/c1-19(22)10-12(8-15(21)11-4-6-13(20)7-5-11)14-9-16(23-2)25-18(24-3)17(14)19/h4-7,12,14,16-18,20,22H,8-10H2,1-3H3/t12-,14+,16+,17-,18+,19+/m1/s1. The molecule has 0 bridgehead atoms. The molecule has 6 nitrogen and oxygen atoms in total. The second-order valence-corrected chi connectivity index (χ2v) is 7.33. The maximum absolute atomic E-state index is 12.6. The van der Waals surface area contributed by atoms with Crippen molar-refractivity contribution in [1.29, 1.82) is 0 Å². The third-order valence-corrected chi connectivity index (χ3v) is 5.64. The molecule has 1 heterocycles. The largest absolute Gasteiger partial charge is 0.508 e. The maximum atomic E-state index is 12.6. The fourth-order valence-corrected chi connectivity index (χ4v) is 4.50. The van der Waals surface area contributed by atoms with Gasteiger partial charge in [0.2, 0.25) is 0 Å². The van der Waals surface area contributed by atoms with Crippen molar-refractivity contribution in [2.24, 2.45) is 17.8 Å². The number of phenolic OH excluding ortho intramolecular Hbond substituents is 1. The lowest BCUT2D eigenvalue weighted by atomic mass is 9.79. The normalized spacial score (nSPS) is 37.7. The molecule has 138 valence electrons. The molecule has 1 saturated heterocycles. The van der Waals surface area contributed by atoms with E-state index in [4.69, 9.17) is 14.2 Å². The number of ketones is 1. The number of Topliss-reactive ketones (excluding diaryl/α,β-unsaturated/α-hetero) is 1. The number of carbonyl (C=O) groups excluding carboxylic acids is 1. The summed E-state index contributed by atoms with van der Waals surface area (Å²) in [6.45, 7) is 1.79.